The molecule has 0 atom stereocenters. The third kappa shape index (κ3) is 3.15. The Morgan fingerprint density at radius 1 is 1.47 bits per heavy atom. The van der Waals surface area contributed by atoms with Crippen LogP contribution in [0.25, 0.3) is 0 Å². The molecule has 0 aliphatic heterocycles. The summed E-state index contributed by atoms with van der Waals surface area (Å²) in [7, 11) is -0.804. The summed E-state index contributed by atoms with van der Waals surface area (Å²) in [6.45, 7) is 0.479. The van der Waals surface area contributed by atoms with Crippen molar-refractivity contribution in [2.75, 3.05) is 33.0 Å². The van der Waals surface area contributed by atoms with Crippen LogP contribution in [0.15, 0.2) is 23.1 Å². The molecule has 0 spiro atoms. The van der Waals surface area contributed by atoms with Gasteiger partial charge in [0.15, 0.2) is 0 Å². The lowest BCUT2D eigenvalue weighted by molar-refractivity contribution is 0.185. The Labute approximate surface area is 100 Å². The highest BCUT2D eigenvalue weighted by Crippen LogP contribution is 2.22. The highest BCUT2D eigenvalue weighted by atomic mass is 32.2. The Bertz CT molecular complexity index is 490. The van der Waals surface area contributed by atoms with Crippen LogP contribution in [0.2, 0.25) is 0 Å². The van der Waals surface area contributed by atoms with Gasteiger partial charge in [-0.15, -0.1) is 0 Å². The third-order valence-corrected chi connectivity index (χ3v) is 4.20. The average Bonchev–Trinajstić information content (AvgIpc) is 2.25. The third-order valence-electron chi connectivity index (χ3n) is 2.27. The second-order valence-electron chi connectivity index (χ2n) is 3.50. The zero-order valence-corrected chi connectivity index (χ0v) is 10.5. The quantitative estimate of drug-likeness (QED) is 0.792. The number of hydrogen-bond acceptors (Lipinski definition) is 4. The fourth-order valence-electron chi connectivity index (χ4n) is 1.26. The maximum absolute atomic E-state index is 12.8. The van der Waals surface area contributed by atoms with Crippen LogP contribution in [-0.2, 0) is 14.8 Å². The van der Waals surface area contributed by atoms with Crippen LogP contribution in [-0.4, -0.2) is 40.0 Å². The molecule has 17 heavy (non-hydrogen) atoms. The van der Waals surface area contributed by atoms with Crippen LogP contribution < -0.4 is 5.73 Å². The Hall–Kier alpha value is -1.18. The van der Waals surface area contributed by atoms with Gasteiger partial charge in [0, 0.05) is 20.7 Å². The molecule has 0 unspecified atom stereocenters. The van der Waals surface area contributed by atoms with Crippen LogP contribution in [0.3, 0.4) is 0 Å². The summed E-state index contributed by atoms with van der Waals surface area (Å²) in [5.41, 5.74) is 5.39. The van der Waals surface area contributed by atoms with Gasteiger partial charge in [0.05, 0.1) is 12.3 Å². The molecule has 1 aromatic rings. The molecular formula is C10H15FN2O3S. The number of nitrogen functional groups attached to an aromatic ring is 1. The van der Waals surface area contributed by atoms with Gasteiger partial charge in [-0.25, -0.2) is 12.8 Å². The number of halogens is 1. The molecule has 2 N–H and O–H groups in total. The zero-order chi connectivity index (χ0) is 13.1. The molecule has 7 heteroatoms. The van der Waals surface area contributed by atoms with Crippen molar-refractivity contribution in [2.24, 2.45) is 0 Å². The predicted molar refractivity (Wildman–Crippen MR) is 62.5 cm³/mol. The number of ether oxygens (including phenoxy) is 1. The number of nitrogens with two attached hydrogens (primary N) is 1. The first-order valence-corrected chi connectivity index (χ1v) is 6.34. The van der Waals surface area contributed by atoms with E-state index in [0.29, 0.717) is 0 Å². The lowest BCUT2D eigenvalue weighted by Crippen LogP contribution is -2.30. The molecule has 0 amide bonds. The lowest BCUT2D eigenvalue weighted by Gasteiger charge is -2.17. The number of nitrogens with zero attached hydrogens (tertiary/aromatic N) is 1. The minimum absolute atomic E-state index is 0.0995. The second kappa shape index (κ2) is 5.44. The first kappa shape index (κ1) is 13.9. The van der Waals surface area contributed by atoms with Crippen molar-refractivity contribution in [3.8, 4) is 0 Å². The largest absolute Gasteiger partial charge is 0.398 e. The minimum atomic E-state index is -3.70. The Balaban J connectivity index is 3.04. The first-order chi connectivity index (χ1) is 7.89. The van der Waals surface area contributed by atoms with Gasteiger partial charge in [-0.05, 0) is 18.2 Å². The number of rotatable bonds is 5. The smallest absolute Gasteiger partial charge is 0.244 e. The number of sulfonamides is 1. The Kier molecular flexibility index (Phi) is 4.44. The SMILES string of the molecule is COCCN(C)S(=O)(=O)c1ccc(F)cc1N. The molecule has 0 heterocycles. The maximum Gasteiger partial charge on any atom is 0.244 e. The van der Waals surface area contributed by atoms with Gasteiger partial charge >= 0.3 is 0 Å². The van der Waals surface area contributed by atoms with Gasteiger partial charge in [0.25, 0.3) is 0 Å². The van der Waals surface area contributed by atoms with Crippen molar-refractivity contribution in [1.82, 2.24) is 4.31 Å². The molecule has 0 radical (unpaired) electrons. The minimum Gasteiger partial charge on any atom is -0.398 e. The number of hydrogen-bond donors (Lipinski definition) is 1. The molecule has 0 bridgehead atoms. The van der Waals surface area contributed by atoms with E-state index < -0.39 is 15.8 Å². The van der Waals surface area contributed by atoms with Gasteiger partial charge in [-0.2, -0.15) is 4.31 Å². The normalized spacial score (nSPS) is 12.0. The summed E-state index contributed by atoms with van der Waals surface area (Å²) in [6, 6.07) is 3.20. The van der Waals surface area contributed by atoms with Crippen molar-refractivity contribution in [2.45, 2.75) is 4.90 Å². The van der Waals surface area contributed by atoms with E-state index in [2.05, 4.69) is 0 Å². The van der Waals surface area contributed by atoms with Gasteiger partial charge in [0.2, 0.25) is 10.0 Å². The van der Waals surface area contributed by atoms with Gasteiger partial charge in [0.1, 0.15) is 10.7 Å². The molecule has 96 valence electrons. The summed E-state index contributed by atoms with van der Waals surface area (Å²) in [6.07, 6.45) is 0. The van der Waals surface area contributed by atoms with E-state index >= 15 is 0 Å². The van der Waals surface area contributed by atoms with Gasteiger partial charge in [-0.3, -0.25) is 0 Å². The van der Waals surface area contributed by atoms with Crippen molar-refractivity contribution < 1.29 is 17.5 Å². The highest BCUT2D eigenvalue weighted by molar-refractivity contribution is 7.89. The molecule has 0 aliphatic rings. The zero-order valence-electron chi connectivity index (χ0n) is 9.68. The average molecular weight is 262 g/mol. The second-order valence-corrected chi connectivity index (χ2v) is 5.51. The number of benzene rings is 1. The van der Waals surface area contributed by atoms with Crippen LogP contribution >= 0.6 is 0 Å². The summed E-state index contributed by atoms with van der Waals surface area (Å²) in [5.74, 6) is -0.569. The molecule has 0 aromatic heterocycles. The van der Waals surface area contributed by atoms with Gasteiger partial charge in [-0.1, -0.05) is 0 Å². The highest BCUT2D eigenvalue weighted by Gasteiger charge is 2.23. The predicted octanol–water partition coefficient (Wildman–Crippen LogP) is 0.675. The van der Waals surface area contributed by atoms with Crippen LogP contribution in [0.1, 0.15) is 0 Å². The lowest BCUT2D eigenvalue weighted by atomic mass is 10.3. The van der Waals surface area contributed by atoms with Crippen LogP contribution in [0.4, 0.5) is 10.1 Å². The first-order valence-electron chi connectivity index (χ1n) is 4.90. The standard InChI is InChI=1S/C10H15FN2O3S/c1-13(5-6-16-2)17(14,15)10-4-3-8(11)7-9(10)12/h3-4,7H,5-6,12H2,1-2H3. The fourth-order valence-corrected chi connectivity index (χ4v) is 2.51. The number of anilines is 1. The van der Waals surface area contributed by atoms with E-state index in [4.69, 9.17) is 10.5 Å². The van der Waals surface area contributed by atoms with Crippen molar-refractivity contribution >= 4 is 15.7 Å². The molecule has 0 aliphatic carbocycles. The molecule has 1 aromatic carbocycles. The molecule has 0 fully saturated rings. The van der Waals surface area contributed by atoms with Gasteiger partial charge < -0.3 is 10.5 Å². The van der Waals surface area contributed by atoms with E-state index in [1.54, 1.807) is 0 Å². The van der Waals surface area contributed by atoms with E-state index in [0.717, 1.165) is 22.5 Å². The van der Waals surface area contributed by atoms with E-state index in [1.165, 1.54) is 14.2 Å². The molecule has 0 saturated heterocycles. The Morgan fingerprint density at radius 2 is 2.12 bits per heavy atom. The molecular weight excluding hydrogens is 247 g/mol. The van der Waals surface area contributed by atoms with Crippen molar-refractivity contribution in [3.63, 3.8) is 0 Å². The number of likely N-dealkylation sites (N-methyl/N-ethyl adjacent to an activating group) is 1. The summed E-state index contributed by atoms with van der Waals surface area (Å²) in [5, 5.41) is 0. The summed E-state index contributed by atoms with van der Waals surface area (Å²) >= 11 is 0. The van der Waals surface area contributed by atoms with Crippen molar-refractivity contribution in [1.29, 1.82) is 0 Å². The van der Waals surface area contributed by atoms with E-state index in [1.807, 2.05) is 0 Å². The fraction of sp³-hybridized carbons (Fsp3) is 0.400. The molecule has 5 nitrogen and oxygen atoms in total. The Morgan fingerprint density at radius 3 is 2.65 bits per heavy atom. The van der Waals surface area contributed by atoms with Crippen LogP contribution in [0.5, 0.6) is 0 Å². The summed E-state index contributed by atoms with van der Waals surface area (Å²) < 4.78 is 42.8. The molecule has 0 saturated carbocycles. The van der Waals surface area contributed by atoms with E-state index in [-0.39, 0.29) is 23.7 Å². The van der Waals surface area contributed by atoms with Crippen molar-refractivity contribution in [3.05, 3.63) is 24.0 Å². The summed E-state index contributed by atoms with van der Waals surface area (Å²) in [4.78, 5) is -0.0995. The van der Waals surface area contributed by atoms with E-state index in [9.17, 15) is 12.8 Å². The monoisotopic (exact) mass is 262 g/mol. The number of methoxy groups -OCH3 is 1. The molecule has 1 rings (SSSR count). The topological polar surface area (TPSA) is 72.6 Å². The van der Waals surface area contributed by atoms with Crippen LogP contribution in [0, 0.1) is 5.82 Å². The maximum atomic E-state index is 12.8.